The first-order valence-electron chi connectivity index (χ1n) is 7.89. The lowest BCUT2D eigenvalue weighted by molar-refractivity contribution is 0.106. The Hall–Kier alpha value is -1.60. The topological polar surface area (TPSA) is 45.7 Å². The maximum atomic E-state index is 5.56. The van der Waals surface area contributed by atoms with Crippen molar-refractivity contribution in [2.45, 2.75) is 12.5 Å². The van der Waals surface area contributed by atoms with Crippen molar-refractivity contribution in [2.24, 2.45) is 4.99 Å². The van der Waals surface area contributed by atoms with E-state index in [2.05, 4.69) is 52.0 Å². The van der Waals surface area contributed by atoms with Gasteiger partial charge in [0.15, 0.2) is 5.96 Å². The van der Waals surface area contributed by atoms with Crippen molar-refractivity contribution in [3.63, 3.8) is 0 Å². The minimum Gasteiger partial charge on any atom is -0.375 e. The molecule has 0 aromatic heterocycles. The molecule has 0 saturated heterocycles. The van der Waals surface area contributed by atoms with Crippen molar-refractivity contribution in [1.82, 2.24) is 10.6 Å². The lowest BCUT2D eigenvalue weighted by Gasteiger charge is -2.18. The Morgan fingerprint density at radius 1 is 1.00 bits per heavy atom. The maximum Gasteiger partial charge on any atom is 0.191 e. The average Bonchev–Trinajstić information content (AvgIpc) is 2.62. The van der Waals surface area contributed by atoms with Crippen LogP contribution in [-0.4, -0.2) is 33.2 Å². The molecule has 2 aromatic carbocycles. The first-order valence-corrected chi connectivity index (χ1v) is 7.89. The van der Waals surface area contributed by atoms with Gasteiger partial charge in [-0.1, -0.05) is 60.7 Å². The number of rotatable bonds is 7. The van der Waals surface area contributed by atoms with Crippen LogP contribution in [0.15, 0.2) is 65.7 Å². The predicted octanol–water partition coefficient (Wildman–Crippen LogP) is 3.40. The third-order valence-corrected chi connectivity index (χ3v) is 3.68. The number of guanidine groups is 1. The molecule has 2 aromatic rings. The summed E-state index contributed by atoms with van der Waals surface area (Å²) in [6.07, 6.45) is 0.970. The van der Waals surface area contributed by atoms with Crippen LogP contribution in [0.2, 0.25) is 0 Å². The van der Waals surface area contributed by atoms with E-state index in [1.807, 2.05) is 24.3 Å². The molecule has 2 rings (SSSR count). The van der Waals surface area contributed by atoms with E-state index in [-0.39, 0.29) is 30.1 Å². The molecule has 0 heterocycles. The van der Waals surface area contributed by atoms with Crippen LogP contribution in [0.4, 0.5) is 0 Å². The molecule has 0 fully saturated rings. The zero-order valence-corrected chi connectivity index (χ0v) is 16.6. The fourth-order valence-corrected chi connectivity index (χ4v) is 2.38. The van der Waals surface area contributed by atoms with Gasteiger partial charge < -0.3 is 15.4 Å². The van der Waals surface area contributed by atoms with E-state index >= 15 is 0 Å². The van der Waals surface area contributed by atoms with Gasteiger partial charge in [-0.15, -0.1) is 24.0 Å². The van der Waals surface area contributed by atoms with Crippen LogP contribution in [0.3, 0.4) is 0 Å². The first kappa shape index (κ1) is 20.4. The highest BCUT2D eigenvalue weighted by atomic mass is 127. The molecule has 0 radical (unpaired) electrons. The van der Waals surface area contributed by atoms with Gasteiger partial charge in [0.05, 0.1) is 6.10 Å². The highest BCUT2D eigenvalue weighted by Gasteiger charge is 2.10. The van der Waals surface area contributed by atoms with Crippen molar-refractivity contribution >= 4 is 29.9 Å². The van der Waals surface area contributed by atoms with E-state index in [1.54, 1.807) is 14.2 Å². The van der Waals surface area contributed by atoms with Crippen molar-refractivity contribution in [2.75, 3.05) is 27.2 Å². The molecule has 0 amide bonds. The van der Waals surface area contributed by atoms with Crippen LogP contribution in [0.1, 0.15) is 17.2 Å². The molecular weight excluding hydrogens is 413 g/mol. The van der Waals surface area contributed by atoms with Gasteiger partial charge in [-0.05, 0) is 17.5 Å². The minimum atomic E-state index is 0. The number of hydrogen-bond acceptors (Lipinski definition) is 2. The zero-order valence-electron chi connectivity index (χ0n) is 14.2. The molecule has 0 bridgehead atoms. The Bertz CT molecular complexity index is 590. The van der Waals surface area contributed by atoms with Crippen LogP contribution in [0.5, 0.6) is 0 Å². The lowest BCUT2D eigenvalue weighted by atomic mass is 10.1. The normalized spacial score (nSPS) is 12.2. The quantitative estimate of drug-likeness (QED) is 0.395. The van der Waals surface area contributed by atoms with Crippen LogP contribution in [0, 0.1) is 0 Å². The fourth-order valence-electron chi connectivity index (χ4n) is 2.38. The maximum absolute atomic E-state index is 5.56. The third-order valence-electron chi connectivity index (χ3n) is 3.68. The smallest absolute Gasteiger partial charge is 0.191 e. The van der Waals surface area contributed by atoms with E-state index in [4.69, 9.17) is 4.74 Å². The second-order valence-corrected chi connectivity index (χ2v) is 5.25. The van der Waals surface area contributed by atoms with Gasteiger partial charge in [0.2, 0.25) is 0 Å². The van der Waals surface area contributed by atoms with Crippen molar-refractivity contribution in [3.8, 4) is 0 Å². The lowest BCUT2D eigenvalue weighted by Crippen LogP contribution is -2.40. The largest absolute Gasteiger partial charge is 0.375 e. The monoisotopic (exact) mass is 439 g/mol. The van der Waals surface area contributed by atoms with Gasteiger partial charge in [0, 0.05) is 27.2 Å². The van der Waals surface area contributed by atoms with Crippen molar-refractivity contribution < 1.29 is 4.74 Å². The summed E-state index contributed by atoms with van der Waals surface area (Å²) in [6, 6.07) is 20.6. The van der Waals surface area contributed by atoms with Gasteiger partial charge in [-0.2, -0.15) is 0 Å². The summed E-state index contributed by atoms with van der Waals surface area (Å²) >= 11 is 0. The van der Waals surface area contributed by atoms with Gasteiger partial charge in [-0.3, -0.25) is 4.99 Å². The summed E-state index contributed by atoms with van der Waals surface area (Å²) in [6.45, 7) is 1.51. The number of halogens is 1. The molecule has 0 aliphatic carbocycles. The molecular formula is C19H26IN3O. The molecule has 0 aliphatic rings. The number of methoxy groups -OCH3 is 1. The van der Waals surface area contributed by atoms with E-state index in [1.165, 1.54) is 5.56 Å². The Balaban J connectivity index is 0.00000288. The van der Waals surface area contributed by atoms with Crippen molar-refractivity contribution in [1.29, 1.82) is 0 Å². The van der Waals surface area contributed by atoms with E-state index in [9.17, 15) is 0 Å². The average molecular weight is 439 g/mol. The second kappa shape index (κ2) is 11.9. The molecule has 4 nitrogen and oxygen atoms in total. The van der Waals surface area contributed by atoms with E-state index in [0.717, 1.165) is 24.5 Å². The van der Waals surface area contributed by atoms with E-state index < -0.39 is 0 Å². The van der Waals surface area contributed by atoms with Gasteiger partial charge in [0.25, 0.3) is 0 Å². The summed E-state index contributed by atoms with van der Waals surface area (Å²) in [4.78, 5) is 4.26. The molecule has 1 atom stereocenters. The molecule has 0 spiro atoms. The Morgan fingerprint density at radius 3 is 2.21 bits per heavy atom. The minimum absolute atomic E-state index is 0. The SMILES string of the molecule is CN=C(NCCc1ccccc1)NCC(OC)c1ccccc1.I. The number of nitrogens with one attached hydrogen (secondary N) is 2. The molecule has 24 heavy (non-hydrogen) atoms. The summed E-state index contributed by atoms with van der Waals surface area (Å²) < 4.78 is 5.56. The number of nitrogens with zero attached hydrogens (tertiary/aromatic N) is 1. The van der Waals surface area contributed by atoms with Crippen LogP contribution < -0.4 is 10.6 Å². The van der Waals surface area contributed by atoms with Crippen molar-refractivity contribution in [3.05, 3.63) is 71.8 Å². The number of hydrogen-bond donors (Lipinski definition) is 2. The first-order chi connectivity index (χ1) is 11.3. The Labute approximate surface area is 161 Å². The summed E-state index contributed by atoms with van der Waals surface area (Å²) in [5, 5.41) is 6.65. The van der Waals surface area contributed by atoms with Crippen LogP contribution >= 0.6 is 24.0 Å². The highest BCUT2D eigenvalue weighted by molar-refractivity contribution is 14.0. The fraction of sp³-hybridized carbons (Fsp3) is 0.316. The third kappa shape index (κ3) is 6.88. The molecule has 2 N–H and O–H groups in total. The van der Waals surface area contributed by atoms with Crippen LogP contribution in [-0.2, 0) is 11.2 Å². The summed E-state index contributed by atoms with van der Waals surface area (Å²) in [5.41, 5.74) is 2.47. The Morgan fingerprint density at radius 2 is 1.62 bits per heavy atom. The van der Waals surface area contributed by atoms with Gasteiger partial charge in [0.1, 0.15) is 0 Å². The molecule has 1 unspecified atom stereocenters. The number of aliphatic imine (C=N–C) groups is 1. The van der Waals surface area contributed by atoms with Gasteiger partial charge in [-0.25, -0.2) is 0 Å². The predicted molar refractivity (Wildman–Crippen MR) is 111 cm³/mol. The second-order valence-electron chi connectivity index (χ2n) is 5.25. The number of benzene rings is 2. The molecule has 5 heteroatoms. The van der Waals surface area contributed by atoms with E-state index in [0.29, 0.717) is 6.54 Å². The highest BCUT2D eigenvalue weighted by Crippen LogP contribution is 2.14. The molecule has 130 valence electrons. The van der Waals surface area contributed by atoms with Crippen LogP contribution in [0.25, 0.3) is 0 Å². The summed E-state index contributed by atoms with van der Waals surface area (Å²) in [5.74, 6) is 0.791. The number of ether oxygens (including phenoxy) is 1. The molecule has 0 saturated carbocycles. The standard InChI is InChI=1S/C19H25N3O.HI/c1-20-19(21-14-13-16-9-5-3-6-10-16)22-15-18(23-2)17-11-7-4-8-12-17;/h3-12,18H,13-15H2,1-2H3,(H2,20,21,22);1H. The summed E-state index contributed by atoms with van der Waals surface area (Å²) in [7, 11) is 3.51. The zero-order chi connectivity index (χ0) is 16.3. The van der Waals surface area contributed by atoms with Gasteiger partial charge >= 0.3 is 0 Å². The molecule has 0 aliphatic heterocycles. The Kier molecular flexibility index (Phi) is 10.1.